The molecular weight excluding hydrogens is 524 g/mol. The van der Waals surface area contributed by atoms with Gasteiger partial charge in [-0.05, 0) is 28.8 Å². The highest BCUT2D eigenvalue weighted by Crippen LogP contribution is 2.15. The van der Waals surface area contributed by atoms with Crippen molar-refractivity contribution in [1.82, 2.24) is 20.2 Å². The van der Waals surface area contributed by atoms with E-state index in [1.54, 1.807) is 37.6 Å². The standard InChI is InChI=1S/C31H32N4O6/c1-39-27-14-12-23(13-15-27)18-35(19-29(36)40-20-24-8-4-2-5-9-24)30(37)28(16-26-17-32-22-33-26)34-31(38)41-21-25-10-6-3-7-11-25/h2-15,17,22,28H,16,18-21H2,1H3,(H,32,33)(H,34,38)/t28-/m0/s1. The maximum atomic E-state index is 13.9. The molecule has 0 saturated carbocycles. The Kier molecular flexibility index (Phi) is 10.5. The number of H-pyrrole nitrogens is 1. The van der Waals surface area contributed by atoms with Crippen LogP contribution >= 0.6 is 0 Å². The number of amides is 2. The molecule has 0 aliphatic rings. The lowest BCUT2D eigenvalue weighted by Crippen LogP contribution is -2.51. The van der Waals surface area contributed by atoms with E-state index in [1.807, 2.05) is 60.7 Å². The van der Waals surface area contributed by atoms with Gasteiger partial charge < -0.3 is 29.4 Å². The number of carbonyl (C=O) groups is 3. The Labute approximate surface area is 238 Å². The number of ether oxygens (including phenoxy) is 3. The van der Waals surface area contributed by atoms with Gasteiger partial charge in [-0.25, -0.2) is 9.78 Å². The molecule has 0 unspecified atom stereocenters. The predicted molar refractivity (Wildman–Crippen MR) is 150 cm³/mol. The van der Waals surface area contributed by atoms with Crippen molar-refractivity contribution in [3.8, 4) is 5.75 Å². The van der Waals surface area contributed by atoms with Gasteiger partial charge in [0.25, 0.3) is 0 Å². The number of nitrogens with one attached hydrogen (secondary N) is 2. The van der Waals surface area contributed by atoms with Crippen LogP contribution < -0.4 is 10.1 Å². The van der Waals surface area contributed by atoms with E-state index in [1.165, 1.54) is 11.2 Å². The minimum absolute atomic E-state index is 0.0391. The first kappa shape index (κ1) is 28.9. The van der Waals surface area contributed by atoms with Gasteiger partial charge in [-0.2, -0.15) is 0 Å². The van der Waals surface area contributed by atoms with Crippen molar-refractivity contribution >= 4 is 18.0 Å². The van der Waals surface area contributed by atoms with Crippen molar-refractivity contribution in [2.24, 2.45) is 0 Å². The second-order valence-corrected chi connectivity index (χ2v) is 9.21. The Hall–Kier alpha value is -5.12. The third-order valence-electron chi connectivity index (χ3n) is 6.18. The molecule has 4 rings (SSSR count). The summed E-state index contributed by atoms with van der Waals surface area (Å²) in [6.45, 7) is -0.112. The molecule has 212 valence electrons. The summed E-state index contributed by atoms with van der Waals surface area (Å²) in [5, 5.41) is 2.66. The van der Waals surface area contributed by atoms with Crippen LogP contribution in [0, 0.1) is 0 Å². The van der Waals surface area contributed by atoms with Crippen LogP contribution in [0.3, 0.4) is 0 Å². The van der Waals surface area contributed by atoms with Crippen LogP contribution in [-0.2, 0) is 45.2 Å². The van der Waals surface area contributed by atoms with Gasteiger partial charge in [0, 0.05) is 19.2 Å². The Bertz CT molecular complexity index is 1380. The second-order valence-electron chi connectivity index (χ2n) is 9.21. The average molecular weight is 557 g/mol. The first-order valence-electron chi connectivity index (χ1n) is 13.1. The molecule has 4 aromatic rings. The summed E-state index contributed by atoms with van der Waals surface area (Å²) in [5.41, 5.74) is 2.95. The van der Waals surface area contributed by atoms with Gasteiger partial charge >= 0.3 is 12.1 Å². The Morgan fingerprint density at radius 3 is 2.07 bits per heavy atom. The largest absolute Gasteiger partial charge is 0.497 e. The molecule has 1 aromatic heterocycles. The number of alkyl carbamates (subject to hydrolysis) is 1. The smallest absolute Gasteiger partial charge is 0.408 e. The molecule has 2 N–H and O–H groups in total. The summed E-state index contributed by atoms with van der Waals surface area (Å²) in [5.74, 6) is -0.411. The molecule has 2 amide bonds. The number of hydrogen-bond acceptors (Lipinski definition) is 7. The molecule has 10 nitrogen and oxygen atoms in total. The summed E-state index contributed by atoms with van der Waals surface area (Å²) < 4.78 is 16.1. The quantitative estimate of drug-likeness (QED) is 0.238. The minimum atomic E-state index is -1.05. The molecule has 0 saturated heterocycles. The number of rotatable bonds is 13. The SMILES string of the molecule is COc1ccc(CN(CC(=O)OCc2ccccc2)C(=O)[C@H](Cc2c[nH]cn2)NC(=O)OCc2ccccc2)cc1. The number of methoxy groups -OCH3 is 1. The number of aromatic nitrogens is 2. The maximum Gasteiger partial charge on any atom is 0.408 e. The van der Waals surface area contributed by atoms with Gasteiger partial charge in [0.05, 0.1) is 19.1 Å². The average Bonchev–Trinajstić information content (AvgIpc) is 3.52. The third-order valence-corrected chi connectivity index (χ3v) is 6.18. The molecule has 0 spiro atoms. The zero-order chi connectivity index (χ0) is 28.9. The normalized spacial score (nSPS) is 11.2. The number of esters is 1. The summed E-state index contributed by atoms with van der Waals surface area (Å²) in [4.78, 5) is 47.9. The fourth-order valence-corrected chi connectivity index (χ4v) is 4.04. The molecule has 0 fully saturated rings. The highest BCUT2D eigenvalue weighted by atomic mass is 16.5. The van der Waals surface area contributed by atoms with Crippen LogP contribution in [0.25, 0.3) is 0 Å². The molecule has 3 aromatic carbocycles. The van der Waals surface area contributed by atoms with Gasteiger partial charge in [0.15, 0.2) is 0 Å². The van der Waals surface area contributed by atoms with Gasteiger partial charge in [-0.3, -0.25) is 9.59 Å². The predicted octanol–water partition coefficient (Wildman–Crippen LogP) is 4.03. The van der Waals surface area contributed by atoms with E-state index < -0.39 is 24.0 Å². The number of aromatic amines is 1. The first-order chi connectivity index (χ1) is 20.0. The molecule has 1 heterocycles. The van der Waals surface area contributed by atoms with Crippen LogP contribution in [0.15, 0.2) is 97.5 Å². The van der Waals surface area contributed by atoms with E-state index in [-0.39, 0.29) is 32.7 Å². The lowest BCUT2D eigenvalue weighted by atomic mass is 10.1. The van der Waals surface area contributed by atoms with Crippen LogP contribution in [0.5, 0.6) is 5.75 Å². The van der Waals surface area contributed by atoms with Crippen molar-refractivity contribution in [2.45, 2.75) is 32.2 Å². The first-order valence-corrected chi connectivity index (χ1v) is 13.1. The number of benzene rings is 3. The lowest BCUT2D eigenvalue weighted by Gasteiger charge is -2.27. The van der Waals surface area contributed by atoms with E-state index in [2.05, 4.69) is 15.3 Å². The number of imidazole rings is 1. The number of nitrogens with zero attached hydrogens (tertiary/aromatic N) is 2. The molecule has 41 heavy (non-hydrogen) atoms. The maximum absolute atomic E-state index is 13.9. The molecule has 0 bridgehead atoms. The van der Waals surface area contributed by atoms with Crippen molar-refractivity contribution < 1.29 is 28.6 Å². The lowest BCUT2D eigenvalue weighted by molar-refractivity contribution is -0.151. The van der Waals surface area contributed by atoms with Gasteiger partial charge in [0.1, 0.15) is 31.5 Å². The van der Waals surface area contributed by atoms with Crippen LogP contribution in [-0.4, -0.2) is 52.5 Å². The topological polar surface area (TPSA) is 123 Å². The van der Waals surface area contributed by atoms with E-state index in [4.69, 9.17) is 14.2 Å². The molecule has 0 aliphatic heterocycles. The zero-order valence-corrected chi connectivity index (χ0v) is 22.7. The Morgan fingerprint density at radius 1 is 0.854 bits per heavy atom. The fourth-order valence-electron chi connectivity index (χ4n) is 4.04. The van der Waals surface area contributed by atoms with Crippen LogP contribution in [0.1, 0.15) is 22.4 Å². The highest BCUT2D eigenvalue weighted by Gasteiger charge is 2.29. The fraction of sp³-hybridized carbons (Fsp3) is 0.226. The Morgan fingerprint density at radius 2 is 1.49 bits per heavy atom. The van der Waals surface area contributed by atoms with Crippen LogP contribution in [0.2, 0.25) is 0 Å². The van der Waals surface area contributed by atoms with Gasteiger partial charge in [0.2, 0.25) is 5.91 Å². The molecular formula is C31H32N4O6. The van der Waals surface area contributed by atoms with Crippen molar-refractivity contribution in [1.29, 1.82) is 0 Å². The van der Waals surface area contributed by atoms with Crippen molar-refractivity contribution in [3.63, 3.8) is 0 Å². The van der Waals surface area contributed by atoms with Crippen molar-refractivity contribution in [2.75, 3.05) is 13.7 Å². The number of carbonyl (C=O) groups excluding carboxylic acids is 3. The molecule has 1 atom stereocenters. The molecule has 0 aliphatic carbocycles. The van der Waals surface area contributed by atoms with E-state index >= 15 is 0 Å². The van der Waals surface area contributed by atoms with E-state index in [9.17, 15) is 14.4 Å². The molecule has 0 radical (unpaired) electrons. The molecule has 10 heteroatoms. The Balaban J connectivity index is 1.49. The van der Waals surface area contributed by atoms with E-state index in [0.29, 0.717) is 11.4 Å². The third kappa shape index (κ3) is 9.24. The minimum Gasteiger partial charge on any atom is -0.497 e. The highest BCUT2D eigenvalue weighted by molar-refractivity contribution is 5.88. The second kappa shape index (κ2) is 14.9. The van der Waals surface area contributed by atoms with Crippen molar-refractivity contribution in [3.05, 3.63) is 120 Å². The van der Waals surface area contributed by atoms with E-state index in [0.717, 1.165) is 16.7 Å². The summed E-state index contributed by atoms with van der Waals surface area (Å²) >= 11 is 0. The zero-order valence-electron chi connectivity index (χ0n) is 22.7. The summed E-state index contributed by atoms with van der Waals surface area (Å²) in [7, 11) is 1.57. The summed E-state index contributed by atoms with van der Waals surface area (Å²) in [6, 6.07) is 24.6. The number of hydrogen-bond donors (Lipinski definition) is 2. The summed E-state index contributed by atoms with van der Waals surface area (Å²) in [6.07, 6.45) is 2.44. The van der Waals surface area contributed by atoms with Gasteiger partial charge in [-0.1, -0.05) is 72.8 Å². The van der Waals surface area contributed by atoms with Gasteiger partial charge in [-0.15, -0.1) is 0 Å². The monoisotopic (exact) mass is 556 g/mol. The van der Waals surface area contributed by atoms with Crippen LogP contribution in [0.4, 0.5) is 4.79 Å².